The number of carbonyl (C=O) groups is 1. The van der Waals surface area contributed by atoms with Crippen LogP contribution in [0.3, 0.4) is 0 Å². The number of benzene rings is 1. The number of rotatable bonds is 3. The molecule has 92 valence electrons. The van der Waals surface area contributed by atoms with Crippen LogP contribution in [-0.4, -0.2) is 29.1 Å². The number of likely N-dealkylation sites (tertiary alicyclic amines) is 1. The fourth-order valence-corrected chi connectivity index (χ4v) is 2.53. The summed E-state index contributed by atoms with van der Waals surface area (Å²) in [6.45, 7) is 6.11. The average Bonchev–Trinajstić information content (AvgIpc) is 2.60. The SMILES string of the molecule is CC1CN(C(C(=O)O)c2ccccc2)CC1C. The predicted octanol–water partition coefficient (Wildman–Crippen LogP) is 2.40. The minimum absolute atomic E-state index is 0.497. The third-order valence-electron chi connectivity index (χ3n) is 3.73. The zero-order valence-corrected chi connectivity index (χ0v) is 10.3. The Bertz CT molecular complexity index is 380. The van der Waals surface area contributed by atoms with Gasteiger partial charge >= 0.3 is 5.97 Å². The first kappa shape index (κ1) is 12.1. The first-order valence-corrected chi connectivity index (χ1v) is 6.11. The third kappa shape index (κ3) is 2.50. The summed E-state index contributed by atoms with van der Waals surface area (Å²) >= 11 is 0. The van der Waals surface area contributed by atoms with Crippen molar-refractivity contribution in [3.8, 4) is 0 Å². The fourth-order valence-electron chi connectivity index (χ4n) is 2.53. The van der Waals surface area contributed by atoms with Gasteiger partial charge in [0.15, 0.2) is 0 Å². The molecule has 1 aliphatic heterocycles. The lowest BCUT2D eigenvalue weighted by atomic mass is 10.0. The maximum Gasteiger partial charge on any atom is 0.325 e. The molecule has 0 radical (unpaired) electrons. The number of hydrogen-bond donors (Lipinski definition) is 1. The quantitative estimate of drug-likeness (QED) is 0.871. The van der Waals surface area contributed by atoms with E-state index < -0.39 is 12.0 Å². The molecule has 17 heavy (non-hydrogen) atoms. The van der Waals surface area contributed by atoms with Gasteiger partial charge in [0.25, 0.3) is 0 Å². The van der Waals surface area contributed by atoms with E-state index in [2.05, 4.69) is 18.7 Å². The van der Waals surface area contributed by atoms with Gasteiger partial charge < -0.3 is 5.11 Å². The Morgan fingerprint density at radius 1 is 1.24 bits per heavy atom. The van der Waals surface area contributed by atoms with Crippen molar-refractivity contribution in [3.63, 3.8) is 0 Å². The minimum atomic E-state index is -0.752. The first-order chi connectivity index (χ1) is 8.09. The summed E-state index contributed by atoms with van der Waals surface area (Å²) in [5.74, 6) is 0.388. The molecule has 1 aromatic rings. The van der Waals surface area contributed by atoms with Crippen LogP contribution in [0.2, 0.25) is 0 Å². The second-order valence-corrected chi connectivity index (χ2v) is 5.06. The molecule has 2 rings (SSSR count). The lowest BCUT2D eigenvalue weighted by Crippen LogP contribution is -2.32. The van der Waals surface area contributed by atoms with Crippen LogP contribution < -0.4 is 0 Å². The molecule has 1 N–H and O–H groups in total. The maximum atomic E-state index is 11.5. The highest BCUT2D eigenvalue weighted by Gasteiger charge is 2.35. The van der Waals surface area contributed by atoms with Crippen LogP contribution in [0.1, 0.15) is 25.5 Å². The molecule has 0 bridgehead atoms. The molecular formula is C14H19NO2. The Morgan fingerprint density at radius 3 is 2.24 bits per heavy atom. The Balaban J connectivity index is 2.23. The monoisotopic (exact) mass is 233 g/mol. The smallest absolute Gasteiger partial charge is 0.325 e. The molecule has 3 nitrogen and oxygen atoms in total. The normalized spacial score (nSPS) is 26.9. The van der Waals surface area contributed by atoms with Crippen LogP contribution in [0, 0.1) is 11.8 Å². The van der Waals surface area contributed by atoms with Crippen molar-refractivity contribution in [1.29, 1.82) is 0 Å². The summed E-state index contributed by atoms with van der Waals surface area (Å²) in [6, 6.07) is 9.00. The van der Waals surface area contributed by atoms with Crippen molar-refractivity contribution >= 4 is 5.97 Å². The molecule has 0 amide bonds. The van der Waals surface area contributed by atoms with Crippen LogP contribution in [-0.2, 0) is 4.79 Å². The first-order valence-electron chi connectivity index (χ1n) is 6.11. The van der Waals surface area contributed by atoms with Crippen molar-refractivity contribution in [2.45, 2.75) is 19.9 Å². The average molecular weight is 233 g/mol. The molecule has 1 aromatic carbocycles. The molecule has 0 aliphatic carbocycles. The van der Waals surface area contributed by atoms with Crippen molar-refractivity contribution in [2.75, 3.05) is 13.1 Å². The summed E-state index contributed by atoms with van der Waals surface area (Å²) in [6.07, 6.45) is 0. The molecule has 0 aromatic heterocycles. The van der Waals surface area contributed by atoms with Crippen LogP contribution in [0.5, 0.6) is 0 Å². The maximum absolute atomic E-state index is 11.5. The summed E-state index contributed by atoms with van der Waals surface area (Å²) in [4.78, 5) is 13.5. The topological polar surface area (TPSA) is 40.5 Å². The Kier molecular flexibility index (Phi) is 3.48. The second-order valence-electron chi connectivity index (χ2n) is 5.06. The summed E-state index contributed by atoms with van der Waals surface area (Å²) in [7, 11) is 0. The van der Waals surface area contributed by atoms with E-state index in [9.17, 15) is 9.90 Å². The van der Waals surface area contributed by atoms with Crippen LogP contribution >= 0.6 is 0 Å². The van der Waals surface area contributed by atoms with E-state index in [1.54, 1.807) is 0 Å². The zero-order chi connectivity index (χ0) is 12.4. The van der Waals surface area contributed by atoms with Gasteiger partial charge in [0.1, 0.15) is 6.04 Å². The van der Waals surface area contributed by atoms with E-state index >= 15 is 0 Å². The molecule has 3 atom stereocenters. The Labute approximate surface area is 102 Å². The highest BCUT2D eigenvalue weighted by atomic mass is 16.4. The highest BCUT2D eigenvalue weighted by molar-refractivity contribution is 5.75. The van der Waals surface area contributed by atoms with Crippen LogP contribution in [0.15, 0.2) is 30.3 Å². The van der Waals surface area contributed by atoms with E-state index in [0.717, 1.165) is 18.7 Å². The molecule has 1 heterocycles. The lowest BCUT2D eigenvalue weighted by Gasteiger charge is -2.24. The summed E-state index contributed by atoms with van der Waals surface area (Å²) < 4.78 is 0. The van der Waals surface area contributed by atoms with E-state index in [-0.39, 0.29) is 0 Å². The van der Waals surface area contributed by atoms with Gasteiger partial charge in [0.05, 0.1) is 0 Å². The number of carboxylic acids is 1. The third-order valence-corrected chi connectivity index (χ3v) is 3.73. The van der Waals surface area contributed by atoms with Crippen molar-refractivity contribution in [1.82, 2.24) is 4.90 Å². The molecule has 1 aliphatic rings. The van der Waals surface area contributed by atoms with Gasteiger partial charge in [-0.25, -0.2) is 0 Å². The Hall–Kier alpha value is -1.35. The van der Waals surface area contributed by atoms with Crippen molar-refractivity contribution < 1.29 is 9.90 Å². The number of aliphatic carboxylic acids is 1. The van der Waals surface area contributed by atoms with E-state index in [4.69, 9.17) is 0 Å². The molecule has 3 heteroatoms. The fraction of sp³-hybridized carbons (Fsp3) is 0.500. The lowest BCUT2D eigenvalue weighted by molar-refractivity contribution is -0.143. The number of nitrogens with zero attached hydrogens (tertiary/aromatic N) is 1. The van der Waals surface area contributed by atoms with Crippen LogP contribution in [0.4, 0.5) is 0 Å². The van der Waals surface area contributed by atoms with E-state index in [1.807, 2.05) is 30.3 Å². The minimum Gasteiger partial charge on any atom is -0.480 e. The van der Waals surface area contributed by atoms with Gasteiger partial charge in [-0.2, -0.15) is 0 Å². The van der Waals surface area contributed by atoms with E-state index in [1.165, 1.54) is 0 Å². The standard InChI is InChI=1S/C14H19NO2/c1-10-8-15(9-11(10)2)13(14(16)17)12-6-4-3-5-7-12/h3-7,10-11,13H,8-9H2,1-2H3,(H,16,17). The Morgan fingerprint density at radius 2 is 1.76 bits per heavy atom. The molecule has 1 saturated heterocycles. The molecule has 3 unspecified atom stereocenters. The summed E-state index contributed by atoms with van der Waals surface area (Å²) in [5.41, 5.74) is 0.876. The van der Waals surface area contributed by atoms with Crippen molar-refractivity contribution in [2.24, 2.45) is 11.8 Å². The van der Waals surface area contributed by atoms with E-state index in [0.29, 0.717) is 11.8 Å². The number of carboxylic acid groups (broad SMARTS) is 1. The second kappa shape index (κ2) is 4.88. The van der Waals surface area contributed by atoms with Gasteiger partial charge in [-0.05, 0) is 17.4 Å². The molecular weight excluding hydrogens is 214 g/mol. The molecule has 0 saturated carbocycles. The molecule has 1 fully saturated rings. The summed E-state index contributed by atoms with van der Waals surface area (Å²) in [5, 5.41) is 9.42. The molecule has 0 spiro atoms. The highest BCUT2D eigenvalue weighted by Crippen LogP contribution is 2.30. The van der Waals surface area contributed by atoms with Crippen LogP contribution in [0.25, 0.3) is 0 Å². The van der Waals surface area contributed by atoms with Crippen molar-refractivity contribution in [3.05, 3.63) is 35.9 Å². The number of hydrogen-bond acceptors (Lipinski definition) is 2. The van der Waals surface area contributed by atoms with Gasteiger partial charge in [-0.3, -0.25) is 9.69 Å². The predicted molar refractivity (Wildman–Crippen MR) is 66.7 cm³/mol. The largest absolute Gasteiger partial charge is 0.480 e. The van der Waals surface area contributed by atoms with Gasteiger partial charge in [-0.15, -0.1) is 0 Å². The van der Waals surface area contributed by atoms with Gasteiger partial charge in [-0.1, -0.05) is 44.2 Å². The van der Waals surface area contributed by atoms with Gasteiger partial charge in [0, 0.05) is 13.1 Å². The van der Waals surface area contributed by atoms with Gasteiger partial charge in [0.2, 0.25) is 0 Å². The zero-order valence-electron chi connectivity index (χ0n) is 10.3.